The predicted octanol–water partition coefficient (Wildman–Crippen LogP) is 5.99. The van der Waals surface area contributed by atoms with E-state index in [4.69, 9.17) is 24.2 Å². The molecular formula is C28H41NO5. The van der Waals surface area contributed by atoms with Gasteiger partial charge in [0.2, 0.25) is 0 Å². The highest BCUT2D eigenvalue weighted by atomic mass is 16.7. The maximum absolute atomic E-state index is 8.99. The molecular weight excluding hydrogens is 430 g/mol. The van der Waals surface area contributed by atoms with Gasteiger partial charge >= 0.3 is 0 Å². The van der Waals surface area contributed by atoms with Crippen LogP contribution in [-0.2, 0) is 24.5 Å². The van der Waals surface area contributed by atoms with Gasteiger partial charge in [-0.1, -0.05) is 46.6 Å². The van der Waals surface area contributed by atoms with Crippen LogP contribution < -0.4 is 14.2 Å². The van der Waals surface area contributed by atoms with Crippen LogP contribution in [0.15, 0.2) is 30.3 Å². The number of aliphatic hydroxyl groups excluding tert-OH is 1. The van der Waals surface area contributed by atoms with Crippen LogP contribution in [0.4, 0.5) is 0 Å². The fourth-order valence-corrected chi connectivity index (χ4v) is 3.95. The highest BCUT2D eigenvalue weighted by Crippen LogP contribution is 2.35. The van der Waals surface area contributed by atoms with E-state index in [-0.39, 0.29) is 6.61 Å². The molecule has 6 nitrogen and oxygen atoms in total. The number of hydroxylamine groups is 2. The minimum Gasteiger partial charge on any atom is -0.493 e. The van der Waals surface area contributed by atoms with E-state index in [1.807, 2.05) is 17.2 Å². The number of rotatable bonds is 15. The molecule has 1 N–H and O–H groups in total. The van der Waals surface area contributed by atoms with Gasteiger partial charge in [-0.15, -0.1) is 0 Å². The summed E-state index contributed by atoms with van der Waals surface area (Å²) in [6, 6.07) is 10.3. The van der Waals surface area contributed by atoms with E-state index >= 15 is 0 Å². The van der Waals surface area contributed by atoms with Gasteiger partial charge in [0.05, 0.1) is 26.4 Å². The third kappa shape index (κ3) is 7.36. The number of hydrogen-bond acceptors (Lipinski definition) is 6. The van der Waals surface area contributed by atoms with Gasteiger partial charge in [-0.3, -0.25) is 4.84 Å². The Morgan fingerprint density at radius 3 is 2.24 bits per heavy atom. The number of nitrogens with zero attached hydrogens (tertiary/aromatic N) is 1. The van der Waals surface area contributed by atoms with Gasteiger partial charge in [0.1, 0.15) is 23.9 Å². The maximum atomic E-state index is 8.99. The Kier molecular flexibility index (Phi) is 10.5. The summed E-state index contributed by atoms with van der Waals surface area (Å²) in [7, 11) is 0. The number of unbranched alkanes of at least 4 members (excludes halogenated alkanes) is 2. The Balaban J connectivity index is 1.71. The molecule has 0 amide bonds. The van der Waals surface area contributed by atoms with E-state index in [0.29, 0.717) is 32.3 Å². The van der Waals surface area contributed by atoms with Crippen molar-refractivity contribution in [1.82, 2.24) is 5.06 Å². The quantitative estimate of drug-likeness (QED) is 0.322. The Morgan fingerprint density at radius 2 is 1.56 bits per heavy atom. The molecule has 3 rings (SSSR count). The minimum atomic E-state index is 0.00970. The molecule has 1 aliphatic rings. The smallest absolute Gasteiger partial charge is 0.128 e. The van der Waals surface area contributed by atoms with Crippen molar-refractivity contribution in [2.24, 2.45) is 0 Å². The van der Waals surface area contributed by atoms with E-state index in [1.165, 1.54) is 16.7 Å². The molecule has 0 aromatic heterocycles. The third-order valence-electron chi connectivity index (χ3n) is 5.96. The monoisotopic (exact) mass is 471 g/mol. The molecule has 0 unspecified atom stereocenters. The summed E-state index contributed by atoms with van der Waals surface area (Å²) >= 11 is 0. The van der Waals surface area contributed by atoms with Crippen molar-refractivity contribution >= 4 is 0 Å². The van der Waals surface area contributed by atoms with E-state index in [9.17, 15) is 0 Å². The number of ether oxygens (including phenoxy) is 3. The van der Waals surface area contributed by atoms with Crippen molar-refractivity contribution < 1.29 is 24.2 Å². The van der Waals surface area contributed by atoms with Gasteiger partial charge in [-0.05, 0) is 53.6 Å². The molecule has 0 spiro atoms. The Morgan fingerprint density at radius 1 is 0.853 bits per heavy atom. The highest BCUT2D eigenvalue weighted by Gasteiger charge is 2.22. The van der Waals surface area contributed by atoms with Crippen LogP contribution in [0.1, 0.15) is 81.5 Å². The first-order chi connectivity index (χ1) is 16.5. The summed E-state index contributed by atoms with van der Waals surface area (Å²) in [4.78, 5) is 6.24. The normalized spacial score (nSPS) is 13.4. The van der Waals surface area contributed by atoms with Crippen molar-refractivity contribution in [2.75, 3.05) is 26.4 Å². The van der Waals surface area contributed by atoms with E-state index in [0.717, 1.165) is 61.6 Å². The Bertz CT molecular complexity index is 899. The van der Waals surface area contributed by atoms with Crippen LogP contribution in [0, 0.1) is 0 Å². The van der Waals surface area contributed by atoms with Gasteiger partial charge in [-0.2, -0.15) is 5.06 Å². The molecule has 188 valence electrons. The zero-order valence-corrected chi connectivity index (χ0v) is 21.3. The fraction of sp³-hybridized carbons (Fsp3) is 0.571. The second kappa shape index (κ2) is 13.6. The molecule has 0 atom stereocenters. The molecule has 0 aliphatic carbocycles. The molecule has 0 saturated carbocycles. The van der Waals surface area contributed by atoms with Crippen molar-refractivity contribution in [3.8, 4) is 17.2 Å². The molecule has 1 heterocycles. The number of hydrogen-bond donors (Lipinski definition) is 1. The molecule has 1 aliphatic heterocycles. The van der Waals surface area contributed by atoms with Crippen LogP contribution in [0.25, 0.3) is 0 Å². The van der Waals surface area contributed by atoms with Crippen molar-refractivity contribution in [2.45, 2.75) is 79.0 Å². The molecule has 0 saturated heterocycles. The molecule has 34 heavy (non-hydrogen) atoms. The van der Waals surface area contributed by atoms with Crippen LogP contribution in [0.5, 0.6) is 17.2 Å². The first-order valence-corrected chi connectivity index (χ1v) is 12.7. The molecule has 0 radical (unpaired) electrons. The zero-order valence-electron chi connectivity index (χ0n) is 21.3. The summed E-state index contributed by atoms with van der Waals surface area (Å²) in [5.74, 6) is 2.89. The van der Waals surface area contributed by atoms with Crippen LogP contribution in [0.3, 0.4) is 0 Å². The van der Waals surface area contributed by atoms with Crippen molar-refractivity contribution in [3.63, 3.8) is 0 Å². The van der Waals surface area contributed by atoms with Gasteiger partial charge in [0, 0.05) is 24.7 Å². The lowest BCUT2D eigenvalue weighted by Gasteiger charge is -2.21. The minimum absolute atomic E-state index is 0.00970. The number of benzene rings is 2. The van der Waals surface area contributed by atoms with Gasteiger partial charge in [0.25, 0.3) is 0 Å². The summed E-state index contributed by atoms with van der Waals surface area (Å²) < 4.78 is 17.9. The van der Waals surface area contributed by atoms with Gasteiger partial charge < -0.3 is 19.3 Å². The Hall–Kier alpha value is -2.28. The number of fused-ring (bicyclic) bond motifs is 1. The van der Waals surface area contributed by atoms with Crippen LogP contribution in [0.2, 0.25) is 0 Å². The molecule has 0 bridgehead atoms. The second-order valence-corrected chi connectivity index (χ2v) is 9.13. The first-order valence-electron chi connectivity index (χ1n) is 12.7. The molecule has 2 aromatic carbocycles. The highest BCUT2D eigenvalue weighted by molar-refractivity contribution is 5.48. The van der Waals surface area contributed by atoms with E-state index < -0.39 is 0 Å². The average Bonchev–Trinajstić information content (AvgIpc) is 3.24. The fourth-order valence-electron chi connectivity index (χ4n) is 3.95. The summed E-state index contributed by atoms with van der Waals surface area (Å²) in [5.41, 5.74) is 4.66. The summed E-state index contributed by atoms with van der Waals surface area (Å²) in [5, 5.41) is 11.0. The predicted molar refractivity (Wildman–Crippen MR) is 134 cm³/mol. The van der Waals surface area contributed by atoms with Crippen molar-refractivity contribution in [3.05, 3.63) is 52.6 Å². The molecule has 2 aromatic rings. The second-order valence-electron chi connectivity index (χ2n) is 9.13. The third-order valence-corrected chi connectivity index (χ3v) is 5.96. The summed E-state index contributed by atoms with van der Waals surface area (Å²) in [6.07, 6.45) is 4.25. The largest absolute Gasteiger partial charge is 0.493 e. The number of aliphatic hydroxyl groups is 1. The maximum Gasteiger partial charge on any atom is 0.128 e. The standard InChI is InChI=1S/C28H41NO5/c1-5-7-12-32-27-17-28(33-13-8-6-2)26(21(3)4)16-24(27)20-34-29-18-22-9-10-25(31-14-11-30)15-23(22)19-29/h9-10,15-17,21,30H,5-8,11-14,18-20H2,1-4H3. The first kappa shape index (κ1) is 26.3. The topological polar surface area (TPSA) is 60.4 Å². The van der Waals surface area contributed by atoms with Crippen LogP contribution in [-0.4, -0.2) is 36.6 Å². The molecule has 6 heteroatoms. The Labute approximate surface area is 204 Å². The lowest BCUT2D eigenvalue weighted by Crippen LogP contribution is -2.17. The van der Waals surface area contributed by atoms with Gasteiger partial charge in [-0.25, -0.2) is 0 Å². The zero-order chi connectivity index (χ0) is 24.3. The lowest BCUT2D eigenvalue weighted by molar-refractivity contribution is -0.176. The van der Waals surface area contributed by atoms with Crippen molar-refractivity contribution in [1.29, 1.82) is 0 Å². The molecule has 0 fully saturated rings. The van der Waals surface area contributed by atoms with Gasteiger partial charge in [0.15, 0.2) is 0 Å². The van der Waals surface area contributed by atoms with Crippen LogP contribution >= 0.6 is 0 Å². The summed E-state index contributed by atoms with van der Waals surface area (Å²) in [6.45, 7) is 12.3. The SMILES string of the molecule is CCCCOc1cc(OCCCC)c(C(C)C)cc1CON1Cc2ccc(OCCO)cc2C1. The lowest BCUT2D eigenvalue weighted by atomic mass is 9.99. The average molecular weight is 472 g/mol. The van der Waals surface area contributed by atoms with E-state index in [1.54, 1.807) is 0 Å². The van der Waals surface area contributed by atoms with E-state index in [2.05, 4.69) is 45.9 Å².